The average molecular weight is 342 g/mol. The second-order valence-corrected chi connectivity index (χ2v) is 7.68. The summed E-state index contributed by atoms with van der Waals surface area (Å²) in [5.74, 6) is 1.38. The first kappa shape index (κ1) is 18.0. The highest BCUT2D eigenvalue weighted by Crippen LogP contribution is 2.29. The number of amides is 1. The first-order valence-corrected chi connectivity index (χ1v) is 9.42. The van der Waals surface area contributed by atoms with Crippen molar-refractivity contribution >= 4 is 16.9 Å². The summed E-state index contributed by atoms with van der Waals surface area (Å²) >= 11 is 0. The van der Waals surface area contributed by atoms with Crippen LogP contribution in [0, 0.1) is 12.8 Å². The Bertz CT molecular complexity index is 740. The van der Waals surface area contributed by atoms with Crippen LogP contribution in [-0.2, 0) is 11.2 Å². The van der Waals surface area contributed by atoms with Gasteiger partial charge in [-0.15, -0.1) is 0 Å². The van der Waals surface area contributed by atoms with Crippen LogP contribution in [0.2, 0.25) is 0 Å². The molecule has 0 atom stereocenters. The summed E-state index contributed by atoms with van der Waals surface area (Å²) in [6.07, 6.45) is 4.38. The normalized spacial score (nSPS) is 16.1. The van der Waals surface area contributed by atoms with Crippen molar-refractivity contribution in [3.8, 4) is 0 Å². The van der Waals surface area contributed by atoms with Gasteiger partial charge in [0.1, 0.15) is 5.58 Å². The monoisotopic (exact) mass is 342 g/mol. The summed E-state index contributed by atoms with van der Waals surface area (Å²) in [6, 6.07) is 4.31. The first-order valence-electron chi connectivity index (χ1n) is 9.42. The number of aryl methyl sites for hydroxylation is 1. The van der Waals surface area contributed by atoms with Crippen LogP contribution in [0.3, 0.4) is 0 Å². The highest BCUT2D eigenvalue weighted by Gasteiger charge is 2.23. The van der Waals surface area contributed by atoms with Gasteiger partial charge in [-0.2, -0.15) is 0 Å². The largest absolute Gasteiger partial charge is 0.464 e. The van der Waals surface area contributed by atoms with Gasteiger partial charge >= 0.3 is 0 Å². The zero-order valence-electron chi connectivity index (χ0n) is 15.9. The van der Waals surface area contributed by atoms with Crippen molar-refractivity contribution in [3.05, 3.63) is 35.1 Å². The Morgan fingerprint density at radius 1 is 1.32 bits per heavy atom. The van der Waals surface area contributed by atoms with Crippen LogP contribution in [0.25, 0.3) is 11.0 Å². The van der Waals surface area contributed by atoms with Gasteiger partial charge in [-0.1, -0.05) is 13.8 Å². The molecule has 4 heteroatoms. The predicted octanol–water partition coefficient (Wildman–Crippen LogP) is 3.87. The van der Waals surface area contributed by atoms with E-state index in [9.17, 15) is 4.79 Å². The number of nitrogens with zero attached hydrogens (tertiary/aromatic N) is 1. The molecule has 4 nitrogen and oxygen atoms in total. The summed E-state index contributed by atoms with van der Waals surface area (Å²) in [7, 11) is 1.99. The number of likely N-dealkylation sites (tertiary alicyclic amines) is 1. The van der Waals surface area contributed by atoms with Crippen LogP contribution in [-0.4, -0.2) is 37.5 Å². The van der Waals surface area contributed by atoms with Gasteiger partial charge in [-0.05, 0) is 68.5 Å². The molecule has 0 unspecified atom stereocenters. The minimum atomic E-state index is 0.220. The third kappa shape index (κ3) is 3.90. The van der Waals surface area contributed by atoms with Gasteiger partial charge in [-0.3, -0.25) is 4.79 Å². The van der Waals surface area contributed by atoms with Crippen molar-refractivity contribution in [1.82, 2.24) is 10.2 Å². The van der Waals surface area contributed by atoms with Crippen molar-refractivity contribution in [2.45, 2.75) is 46.0 Å². The topological polar surface area (TPSA) is 45.5 Å². The molecular formula is C21H30N2O2. The Balaban J connectivity index is 1.72. The fraction of sp³-hybridized carbons (Fsp3) is 0.571. The minimum Gasteiger partial charge on any atom is -0.464 e. The highest BCUT2D eigenvalue weighted by molar-refractivity contribution is 5.88. The molecule has 1 aliphatic rings. The molecule has 1 aliphatic heterocycles. The van der Waals surface area contributed by atoms with Gasteiger partial charge in [0.15, 0.2) is 0 Å². The SMILES string of the molecule is CNCC1CCN(C(=O)Cc2coc3cc(C)c(C(C)C)cc23)CC1. The van der Waals surface area contributed by atoms with Crippen LogP contribution < -0.4 is 5.32 Å². The molecule has 0 radical (unpaired) electrons. The second kappa shape index (κ2) is 7.61. The lowest BCUT2D eigenvalue weighted by molar-refractivity contribution is -0.131. The Labute approximate surface area is 150 Å². The lowest BCUT2D eigenvalue weighted by atomic mass is 9.94. The molecule has 0 bridgehead atoms. The first-order chi connectivity index (χ1) is 12.0. The Morgan fingerprint density at radius 2 is 2.04 bits per heavy atom. The molecule has 0 saturated carbocycles. The number of benzene rings is 1. The van der Waals surface area contributed by atoms with Crippen LogP contribution in [0.15, 0.2) is 22.8 Å². The van der Waals surface area contributed by atoms with Crippen molar-refractivity contribution in [2.24, 2.45) is 5.92 Å². The number of piperidine rings is 1. The van der Waals surface area contributed by atoms with E-state index in [1.807, 2.05) is 11.9 Å². The van der Waals surface area contributed by atoms with Crippen LogP contribution >= 0.6 is 0 Å². The fourth-order valence-electron chi connectivity index (χ4n) is 3.95. The van der Waals surface area contributed by atoms with Crippen molar-refractivity contribution in [3.63, 3.8) is 0 Å². The molecule has 25 heavy (non-hydrogen) atoms. The molecule has 1 aromatic heterocycles. The van der Waals surface area contributed by atoms with E-state index in [1.54, 1.807) is 6.26 Å². The summed E-state index contributed by atoms with van der Waals surface area (Å²) in [6.45, 7) is 9.32. The maximum atomic E-state index is 12.7. The van der Waals surface area contributed by atoms with Crippen molar-refractivity contribution in [1.29, 1.82) is 0 Å². The van der Waals surface area contributed by atoms with Gasteiger partial charge in [0.05, 0.1) is 12.7 Å². The number of carbonyl (C=O) groups is 1. The van der Waals surface area contributed by atoms with E-state index in [0.717, 1.165) is 49.0 Å². The van der Waals surface area contributed by atoms with E-state index in [0.29, 0.717) is 18.3 Å². The van der Waals surface area contributed by atoms with E-state index in [2.05, 4.69) is 38.2 Å². The summed E-state index contributed by atoms with van der Waals surface area (Å²) in [5, 5.41) is 4.33. The average Bonchev–Trinajstić information content (AvgIpc) is 2.96. The third-order valence-corrected chi connectivity index (χ3v) is 5.47. The summed E-state index contributed by atoms with van der Waals surface area (Å²) in [4.78, 5) is 14.7. The quantitative estimate of drug-likeness (QED) is 0.897. The fourth-order valence-corrected chi connectivity index (χ4v) is 3.95. The molecule has 1 N–H and O–H groups in total. The number of fused-ring (bicyclic) bond motifs is 1. The van der Waals surface area contributed by atoms with E-state index < -0.39 is 0 Å². The van der Waals surface area contributed by atoms with Crippen molar-refractivity contribution < 1.29 is 9.21 Å². The second-order valence-electron chi connectivity index (χ2n) is 7.68. The Hall–Kier alpha value is -1.81. The van der Waals surface area contributed by atoms with Crippen LogP contribution in [0.5, 0.6) is 0 Å². The number of hydrogen-bond donors (Lipinski definition) is 1. The Morgan fingerprint density at radius 3 is 2.68 bits per heavy atom. The van der Waals surface area contributed by atoms with E-state index >= 15 is 0 Å². The van der Waals surface area contributed by atoms with Gasteiger partial charge in [0.25, 0.3) is 0 Å². The molecule has 1 aromatic carbocycles. The molecule has 2 aromatic rings. The molecule has 1 fully saturated rings. The number of carbonyl (C=O) groups excluding carboxylic acids is 1. The van der Waals surface area contributed by atoms with Crippen molar-refractivity contribution in [2.75, 3.05) is 26.7 Å². The number of hydrogen-bond acceptors (Lipinski definition) is 3. The van der Waals surface area contributed by atoms with Gasteiger partial charge in [0.2, 0.25) is 5.91 Å². The van der Waals surface area contributed by atoms with E-state index in [-0.39, 0.29) is 5.91 Å². The van der Waals surface area contributed by atoms with E-state index in [4.69, 9.17) is 4.42 Å². The number of nitrogens with one attached hydrogen (secondary N) is 1. The summed E-state index contributed by atoms with van der Waals surface area (Å²) in [5.41, 5.74) is 4.48. The highest BCUT2D eigenvalue weighted by atomic mass is 16.3. The molecule has 136 valence electrons. The number of rotatable bonds is 5. The maximum Gasteiger partial charge on any atom is 0.227 e. The standard InChI is InChI=1S/C21H30N2O2/c1-14(2)18-11-19-17(13-25-20(19)9-15(18)3)10-21(24)23-7-5-16(6-8-23)12-22-4/h9,11,13-14,16,22H,5-8,10,12H2,1-4H3. The molecule has 0 spiro atoms. The molecule has 1 saturated heterocycles. The lowest BCUT2D eigenvalue weighted by Crippen LogP contribution is -2.41. The molecule has 0 aliphatic carbocycles. The zero-order valence-corrected chi connectivity index (χ0v) is 15.9. The summed E-state index contributed by atoms with van der Waals surface area (Å²) < 4.78 is 5.72. The van der Waals surface area contributed by atoms with Gasteiger partial charge in [0, 0.05) is 24.0 Å². The smallest absolute Gasteiger partial charge is 0.227 e. The van der Waals surface area contributed by atoms with E-state index in [1.165, 1.54) is 11.1 Å². The van der Waals surface area contributed by atoms with Crippen LogP contribution in [0.4, 0.5) is 0 Å². The predicted molar refractivity (Wildman–Crippen MR) is 102 cm³/mol. The molecular weight excluding hydrogens is 312 g/mol. The minimum absolute atomic E-state index is 0.220. The zero-order chi connectivity index (χ0) is 18.0. The lowest BCUT2D eigenvalue weighted by Gasteiger charge is -2.32. The number of furan rings is 1. The maximum absolute atomic E-state index is 12.7. The van der Waals surface area contributed by atoms with Crippen LogP contribution in [0.1, 0.15) is 49.3 Å². The Kier molecular flexibility index (Phi) is 5.48. The third-order valence-electron chi connectivity index (χ3n) is 5.47. The van der Waals surface area contributed by atoms with Gasteiger partial charge < -0.3 is 14.6 Å². The molecule has 2 heterocycles. The molecule has 3 rings (SSSR count). The molecule has 1 amide bonds. The van der Waals surface area contributed by atoms with Gasteiger partial charge in [-0.25, -0.2) is 0 Å².